The number of benzene rings is 1. The molecular weight excluding hydrogens is 598 g/mol. The quantitative estimate of drug-likeness (QED) is 0.120. The van der Waals surface area contributed by atoms with Gasteiger partial charge in [0.1, 0.15) is 23.2 Å². The number of ether oxygens (including phenoxy) is 1. The number of carbonyl (C=O) groups is 1. The number of carbonyl (C=O) groups excluding carboxylic acids is 1. The Hall–Kier alpha value is -3.69. The summed E-state index contributed by atoms with van der Waals surface area (Å²) in [6, 6.07) is 12.8. The number of Topliss-reactive ketones (excluding diaryl/α,β-unsaturated/α-hetero) is 1. The predicted molar refractivity (Wildman–Crippen MR) is 200 cm³/mol. The number of nitrogens with one attached hydrogen (secondary N) is 2. The molecular formula is C39H59N7O2. The fourth-order valence-corrected chi connectivity index (χ4v) is 6.44. The van der Waals surface area contributed by atoms with Crippen LogP contribution in [0.4, 0.5) is 11.5 Å². The summed E-state index contributed by atoms with van der Waals surface area (Å²) in [6.45, 7) is 17.7. The number of pyridine rings is 1. The normalized spacial score (nSPS) is 17.9. The first-order chi connectivity index (χ1) is 23.3. The second-order valence-electron chi connectivity index (χ2n) is 13.2. The molecule has 2 fully saturated rings. The van der Waals surface area contributed by atoms with Gasteiger partial charge < -0.3 is 25.2 Å². The van der Waals surface area contributed by atoms with E-state index in [-0.39, 0.29) is 5.78 Å². The monoisotopic (exact) mass is 657 g/mol. The molecule has 0 spiro atoms. The van der Waals surface area contributed by atoms with E-state index in [1.165, 1.54) is 31.5 Å². The van der Waals surface area contributed by atoms with Crippen LogP contribution in [0.5, 0.6) is 5.75 Å². The molecule has 3 heterocycles. The molecule has 262 valence electrons. The number of nitrogens with zero attached hydrogens (tertiary/aromatic N) is 5. The third-order valence-corrected chi connectivity index (χ3v) is 9.92. The van der Waals surface area contributed by atoms with Crippen LogP contribution < -0.4 is 20.3 Å². The van der Waals surface area contributed by atoms with Gasteiger partial charge in [-0.15, -0.1) is 0 Å². The summed E-state index contributed by atoms with van der Waals surface area (Å²) >= 11 is 0. The maximum atomic E-state index is 13.4. The maximum absolute atomic E-state index is 13.4. The number of methoxy groups -OCH3 is 1. The first-order valence-electron chi connectivity index (χ1n) is 18.0. The number of piperazine rings is 1. The largest absolute Gasteiger partial charge is 0.497 e. The van der Waals surface area contributed by atoms with Crippen molar-refractivity contribution in [1.29, 1.82) is 0 Å². The van der Waals surface area contributed by atoms with Gasteiger partial charge in [-0.2, -0.15) is 0 Å². The van der Waals surface area contributed by atoms with Crippen molar-refractivity contribution >= 4 is 23.1 Å². The molecule has 0 unspecified atom stereocenters. The minimum Gasteiger partial charge on any atom is -0.497 e. The van der Waals surface area contributed by atoms with Crippen LogP contribution in [0, 0.1) is 0 Å². The highest BCUT2D eigenvalue weighted by atomic mass is 16.5. The highest BCUT2D eigenvalue weighted by Gasteiger charge is 2.27. The van der Waals surface area contributed by atoms with E-state index in [4.69, 9.17) is 14.7 Å². The van der Waals surface area contributed by atoms with Gasteiger partial charge in [0.25, 0.3) is 0 Å². The molecule has 0 bridgehead atoms. The third kappa shape index (κ3) is 10.4. The van der Waals surface area contributed by atoms with Crippen molar-refractivity contribution in [3.8, 4) is 5.75 Å². The summed E-state index contributed by atoms with van der Waals surface area (Å²) in [7, 11) is 3.89. The van der Waals surface area contributed by atoms with E-state index in [1.807, 2.05) is 37.4 Å². The van der Waals surface area contributed by atoms with Crippen molar-refractivity contribution in [1.82, 2.24) is 20.1 Å². The van der Waals surface area contributed by atoms with E-state index in [0.717, 1.165) is 86.1 Å². The van der Waals surface area contributed by atoms with Crippen LogP contribution in [0.25, 0.3) is 0 Å². The van der Waals surface area contributed by atoms with Gasteiger partial charge in [-0.1, -0.05) is 44.9 Å². The summed E-state index contributed by atoms with van der Waals surface area (Å²) in [5.74, 6) is 3.39. The second kappa shape index (κ2) is 18.7. The topological polar surface area (TPSA) is 85.3 Å². The highest BCUT2D eigenvalue weighted by molar-refractivity contribution is 6.02. The van der Waals surface area contributed by atoms with Gasteiger partial charge in [-0.3, -0.25) is 14.7 Å². The van der Waals surface area contributed by atoms with Crippen molar-refractivity contribution in [3.63, 3.8) is 0 Å². The SMILES string of the molecule is CCCCC(=O)/C(C)=C(/NC(=NCc1ccc(OC)cc1)/C(CC)=C(\C)CC)Nc1ccc(N2CCC(N3CCN(C)CC3)CC2)nc1. The second-order valence-corrected chi connectivity index (χ2v) is 13.2. The lowest BCUT2D eigenvalue weighted by molar-refractivity contribution is -0.115. The number of aromatic nitrogens is 1. The Morgan fingerprint density at radius 1 is 0.958 bits per heavy atom. The molecule has 1 aromatic heterocycles. The van der Waals surface area contributed by atoms with Gasteiger partial charge in [-0.25, -0.2) is 4.98 Å². The Balaban J connectivity index is 1.54. The Kier molecular flexibility index (Phi) is 14.5. The van der Waals surface area contributed by atoms with Gasteiger partial charge in [0, 0.05) is 57.3 Å². The number of piperidine rings is 1. The van der Waals surface area contributed by atoms with Crippen molar-refractivity contribution in [2.45, 2.75) is 92.2 Å². The molecule has 0 radical (unpaired) electrons. The Morgan fingerprint density at radius 2 is 1.67 bits per heavy atom. The number of amidine groups is 1. The standard InChI is InChI=1S/C39H59N7O2/c1-8-11-12-36(47)30(5)38(43-39(35(10-3)29(4)9-2)41-27-31-13-16-34(48-7)17-14-31)42-32-15-18-37(40-28-32)46-21-19-33(20-22-46)45-25-23-44(6)24-26-45/h13-18,28,33,42H,8-12,19-27H2,1-7H3,(H,41,43)/b35-29+,38-30+. The fourth-order valence-electron chi connectivity index (χ4n) is 6.44. The molecule has 0 saturated carbocycles. The maximum Gasteiger partial charge on any atom is 0.162 e. The highest BCUT2D eigenvalue weighted by Crippen LogP contribution is 2.24. The molecule has 9 nitrogen and oxygen atoms in total. The molecule has 0 aliphatic carbocycles. The third-order valence-electron chi connectivity index (χ3n) is 9.92. The van der Waals surface area contributed by atoms with E-state index in [2.05, 4.69) is 72.2 Å². The van der Waals surface area contributed by atoms with Crippen molar-refractivity contribution < 1.29 is 9.53 Å². The van der Waals surface area contributed by atoms with Crippen molar-refractivity contribution in [2.75, 3.05) is 63.6 Å². The summed E-state index contributed by atoms with van der Waals surface area (Å²) < 4.78 is 5.34. The van der Waals surface area contributed by atoms with Gasteiger partial charge in [0.05, 0.1) is 25.5 Å². The molecule has 9 heteroatoms. The van der Waals surface area contributed by atoms with Crippen LogP contribution in [-0.4, -0.2) is 85.9 Å². The lowest BCUT2D eigenvalue weighted by Gasteiger charge is -2.42. The molecule has 0 amide bonds. The number of rotatable bonds is 15. The predicted octanol–water partition coefficient (Wildman–Crippen LogP) is 7.03. The summed E-state index contributed by atoms with van der Waals surface area (Å²) in [5, 5.41) is 7.14. The Bertz CT molecular complexity index is 1400. The van der Waals surface area contributed by atoms with E-state index in [9.17, 15) is 4.79 Å². The molecule has 2 aliphatic heterocycles. The molecule has 4 rings (SSSR count). The first-order valence-corrected chi connectivity index (χ1v) is 18.0. The molecule has 2 aliphatic rings. The van der Waals surface area contributed by atoms with Crippen molar-refractivity contribution in [2.24, 2.45) is 4.99 Å². The molecule has 0 atom stereocenters. The Morgan fingerprint density at radius 3 is 2.25 bits per heavy atom. The van der Waals surface area contributed by atoms with Gasteiger partial charge in [0.2, 0.25) is 0 Å². The smallest absolute Gasteiger partial charge is 0.162 e. The molecule has 48 heavy (non-hydrogen) atoms. The van der Waals surface area contributed by atoms with Crippen LogP contribution in [0.1, 0.15) is 85.1 Å². The lowest BCUT2D eigenvalue weighted by Crippen LogP contribution is -2.52. The molecule has 2 saturated heterocycles. The van der Waals surface area contributed by atoms with Crippen LogP contribution in [0.15, 0.2) is 70.1 Å². The zero-order valence-corrected chi connectivity index (χ0v) is 30.6. The van der Waals surface area contributed by atoms with E-state index in [1.54, 1.807) is 7.11 Å². The van der Waals surface area contributed by atoms with Crippen molar-refractivity contribution in [3.05, 3.63) is 70.7 Å². The van der Waals surface area contributed by atoms with Gasteiger partial charge >= 0.3 is 0 Å². The van der Waals surface area contributed by atoms with Gasteiger partial charge in [0.15, 0.2) is 5.78 Å². The number of anilines is 2. The minimum atomic E-state index is 0.128. The molecule has 2 N–H and O–H groups in total. The first kappa shape index (κ1) is 37.1. The lowest BCUT2D eigenvalue weighted by atomic mass is 10.0. The summed E-state index contributed by atoms with van der Waals surface area (Å²) in [4.78, 5) is 30.8. The summed E-state index contributed by atoms with van der Waals surface area (Å²) in [6.07, 6.45) is 8.32. The number of aliphatic imine (C=N–C) groups is 1. The zero-order chi connectivity index (χ0) is 34.5. The number of hydrogen-bond acceptors (Lipinski definition) is 8. The average Bonchev–Trinajstić information content (AvgIpc) is 3.13. The zero-order valence-electron chi connectivity index (χ0n) is 30.6. The van der Waals surface area contributed by atoms with Crippen LogP contribution in [0.2, 0.25) is 0 Å². The number of allylic oxidation sites excluding steroid dienone is 2. The Labute approximate surface area is 289 Å². The van der Waals surface area contributed by atoms with E-state index >= 15 is 0 Å². The van der Waals surface area contributed by atoms with Crippen LogP contribution in [0.3, 0.4) is 0 Å². The summed E-state index contributed by atoms with van der Waals surface area (Å²) in [5.41, 5.74) is 5.02. The number of ketones is 1. The molecule has 2 aromatic rings. The van der Waals surface area contributed by atoms with Crippen LogP contribution in [-0.2, 0) is 11.3 Å². The average molecular weight is 658 g/mol. The number of likely N-dealkylation sites (N-methyl/N-ethyl adjacent to an activating group) is 1. The number of unbranched alkanes of at least 4 members (excludes halogenated alkanes) is 1. The minimum absolute atomic E-state index is 0.128. The van der Waals surface area contributed by atoms with Gasteiger partial charge in [-0.05, 0) is 88.4 Å². The van der Waals surface area contributed by atoms with Crippen LogP contribution >= 0.6 is 0 Å². The van der Waals surface area contributed by atoms with E-state index < -0.39 is 0 Å². The van der Waals surface area contributed by atoms with E-state index in [0.29, 0.717) is 30.4 Å². The number of hydrogen-bond donors (Lipinski definition) is 2. The molecule has 1 aromatic carbocycles. The fraction of sp³-hybridized carbons (Fsp3) is 0.564.